The normalized spacial score (nSPS) is 10.7. The van der Waals surface area contributed by atoms with E-state index in [4.69, 9.17) is 14.2 Å². The maximum absolute atomic E-state index is 12.3. The van der Waals surface area contributed by atoms with Gasteiger partial charge < -0.3 is 19.5 Å². The molecule has 0 saturated heterocycles. The first-order valence-electron chi connectivity index (χ1n) is 8.45. The second-order valence-electron chi connectivity index (χ2n) is 5.54. The first-order valence-corrected chi connectivity index (χ1v) is 8.45. The van der Waals surface area contributed by atoms with Crippen molar-refractivity contribution >= 4 is 12.0 Å². The number of amides is 1. The summed E-state index contributed by atoms with van der Waals surface area (Å²) in [4.78, 5) is 12.3. The van der Waals surface area contributed by atoms with Gasteiger partial charge in [0.05, 0.1) is 20.8 Å². The summed E-state index contributed by atoms with van der Waals surface area (Å²) in [5.74, 6) is 1.45. The molecule has 27 heavy (non-hydrogen) atoms. The van der Waals surface area contributed by atoms with E-state index in [1.165, 1.54) is 6.08 Å². The largest absolute Gasteiger partial charge is 0.497 e. The Morgan fingerprint density at radius 2 is 1.85 bits per heavy atom. The molecule has 0 unspecified atom stereocenters. The predicted octanol–water partition coefficient (Wildman–Crippen LogP) is 3.33. The van der Waals surface area contributed by atoms with Gasteiger partial charge in [-0.2, -0.15) is 5.26 Å². The van der Waals surface area contributed by atoms with E-state index in [-0.39, 0.29) is 5.57 Å². The highest BCUT2D eigenvalue weighted by Crippen LogP contribution is 2.28. The van der Waals surface area contributed by atoms with Crippen LogP contribution in [0.25, 0.3) is 6.08 Å². The molecule has 0 radical (unpaired) electrons. The number of benzene rings is 2. The van der Waals surface area contributed by atoms with Crippen LogP contribution in [0.5, 0.6) is 17.2 Å². The van der Waals surface area contributed by atoms with Gasteiger partial charge in [-0.15, -0.1) is 0 Å². The molecule has 0 spiro atoms. The van der Waals surface area contributed by atoms with Crippen molar-refractivity contribution in [2.24, 2.45) is 0 Å². The number of carbonyl (C=O) groups is 1. The van der Waals surface area contributed by atoms with Gasteiger partial charge in [0.15, 0.2) is 11.5 Å². The van der Waals surface area contributed by atoms with Crippen molar-refractivity contribution in [3.8, 4) is 23.3 Å². The lowest BCUT2D eigenvalue weighted by atomic mass is 10.1. The molecule has 0 aliphatic carbocycles. The lowest BCUT2D eigenvalue weighted by molar-refractivity contribution is -0.117. The number of methoxy groups -OCH3 is 2. The molecular formula is C21H22N2O4. The fourth-order valence-corrected chi connectivity index (χ4v) is 2.39. The first-order chi connectivity index (χ1) is 13.1. The van der Waals surface area contributed by atoms with Crippen LogP contribution in [0.4, 0.5) is 0 Å². The smallest absolute Gasteiger partial charge is 0.262 e. The van der Waals surface area contributed by atoms with Crippen LogP contribution in [0.1, 0.15) is 18.1 Å². The molecule has 1 amide bonds. The van der Waals surface area contributed by atoms with Crippen molar-refractivity contribution in [2.45, 2.75) is 13.5 Å². The lowest BCUT2D eigenvalue weighted by Gasteiger charge is -2.10. The molecule has 6 heteroatoms. The number of nitriles is 1. The van der Waals surface area contributed by atoms with Gasteiger partial charge in [0.25, 0.3) is 5.91 Å². The van der Waals surface area contributed by atoms with Gasteiger partial charge in [-0.3, -0.25) is 4.79 Å². The Morgan fingerprint density at radius 1 is 1.11 bits per heavy atom. The Kier molecular flexibility index (Phi) is 7.26. The van der Waals surface area contributed by atoms with Crippen molar-refractivity contribution < 1.29 is 19.0 Å². The third kappa shape index (κ3) is 5.51. The average molecular weight is 366 g/mol. The number of nitrogens with zero attached hydrogens (tertiary/aromatic N) is 1. The van der Waals surface area contributed by atoms with Crippen molar-refractivity contribution in [1.82, 2.24) is 5.32 Å². The Morgan fingerprint density at radius 3 is 2.44 bits per heavy atom. The summed E-state index contributed by atoms with van der Waals surface area (Å²) in [6, 6.07) is 14.5. The third-order valence-corrected chi connectivity index (χ3v) is 3.78. The van der Waals surface area contributed by atoms with E-state index in [1.54, 1.807) is 32.4 Å². The Hall–Kier alpha value is -3.46. The zero-order valence-electron chi connectivity index (χ0n) is 15.6. The van der Waals surface area contributed by atoms with Gasteiger partial charge in [0.2, 0.25) is 0 Å². The van der Waals surface area contributed by atoms with Crippen LogP contribution in [0.2, 0.25) is 0 Å². The van der Waals surface area contributed by atoms with Crippen molar-refractivity contribution in [2.75, 3.05) is 20.8 Å². The highest BCUT2D eigenvalue weighted by atomic mass is 16.5. The number of rotatable bonds is 8. The predicted molar refractivity (Wildman–Crippen MR) is 103 cm³/mol. The van der Waals surface area contributed by atoms with Gasteiger partial charge in [0, 0.05) is 6.54 Å². The Bertz CT molecular complexity index is 851. The minimum absolute atomic E-state index is 0.0103. The van der Waals surface area contributed by atoms with Crippen LogP contribution in [-0.2, 0) is 11.3 Å². The maximum atomic E-state index is 12.3. The van der Waals surface area contributed by atoms with Crippen molar-refractivity contribution in [1.29, 1.82) is 5.26 Å². The first kappa shape index (κ1) is 19.9. The molecule has 0 aliphatic heterocycles. The van der Waals surface area contributed by atoms with E-state index in [9.17, 15) is 10.1 Å². The molecular weight excluding hydrogens is 344 g/mol. The molecule has 0 saturated carbocycles. The van der Waals surface area contributed by atoms with Crippen molar-refractivity contribution in [3.05, 3.63) is 59.2 Å². The topological polar surface area (TPSA) is 80.6 Å². The molecule has 0 aromatic heterocycles. The number of hydrogen-bond donors (Lipinski definition) is 1. The van der Waals surface area contributed by atoms with Gasteiger partial charge in [-0.05, 0) is 48.4 Å². The molecule has 2 aromatic rings. The van der Waals surface area contributed by atoms with Gasteiger partial charge in [-0.1, -0.05) is 18.2 Å². The zero-order valence-corrected chi connectivity index (χ0v) is 15.6. The van der Waals surface area contributed by atoms with E-state index in [0.29, 0.717) is 30.2 Å². The third-order valence-electron chi connectivity index (χ3n) is 3.78. The molecule has 1 N–H and O–H groups in total. The molecule has 0 fully saturated rings. The minimum atomic E-state index is -0.443. The van der Waals surface area contributed by atoms with Crippen LogP contribution < -0.4 is 19.5 Å². The fourth-order valence-electron chi connectivity index (χ4n) is 2.39. The molecule has 0 bridgehead atoms. The van der Waals surface area contributed by atoms with Crippen LogP contribution >= 0.6 is 0 Å². The molecule has 0 atom stereocenters. The SMILES string of the molecule is CCOc1cc(/C=C(/C#N)C(=O)NCc2ccc(OC)cc2)ccc1OC. The maximum Gasteiger partial charge on any atom is 0.262 e. The zero-order chi connectivity index (χ0) is 19.6. The average Bonchev–Trinajstić information content (AvgIpc) is 2.71. The number of ether oxygens (including phenoxy) is 3. The van der Waals surface area contributed by atoms with E-state index in [2.05, 4.69) is 5.32 Å². The van der Waals surface area contributed by atoms with Crippen LogP contribution in [0.3, 0.4) is 0 Å². The summed E-state index contributed by atoms with van der Waals surface area (Å²) in [5.41, 5.74) is 1.59. The van der Waals surface area contributed by atoms with Crippen LogP contribution in [0, 0.1) is 11.3 Å². The Balaban J connectivity index is 2.11. The number of nitrogens with one attached hydrogen (secondary N) is 1. The van der Waals surface area contributed by atoms with Crippen LogP contribution in [0.15, 0.2) is 48.0 Å². The van der Waals surface area contributed by atoms with Gasteiger partial charge >= 0.3 is 0 Å². The summed E-state index contributed by atoms with van der Waals surface area (Å²) in [6.07, 6.45) is 1.52. The monoisotopic (exact) mass is 366 g/mol. The standard InChI is InChI=1S/C21H22N2O4/c1-4-27-20-12-16(7-10-19(20)26-3)11-17(13-22)21(24)23-14-15-5-8-18(25-2)9-6-15/h5-12H,4,14H2,1-3H3,(H,23,24)/b17-11-. The molecule has 2 aromatic carbocycles. The second kappa shape index (κ2) is 9.88. The van der Waals surface area contributed by atoms with Crippen LogP contribution in [-0.4, -0.2) is 26.7 Å². The number of hydrogen-bond acceptors (Lipinski definition) is 5. The highest BCUT2D eigenvalue weighted by Gasteiger charge is 2.10. The van der Waals surface area contributed by atoms with Gasteiger partial charge in [0.1, 0.15) is 17.4 Å². The minimum Gasteiger partial charge on any atom is -0.497 e. The summed E-state index contributed by atoms with van der Waals surface area (Å²) in [5, 5.41) is 12.1. The molecule has 0 aliphatic rings. The van der Waals surface area contributed by atoms with Crippen molar-refractivity contribution in [3.63, 3.8) is 0 Å². The molecule has 0 heterocycles. The summed E-state index contributed by atoms with van der Waals surface area (Å²) >= 11 is 0. The highest BCUT2D eigenvalue weighted by molar-refractivity contribution is 6.01. The summed E-state index contributed by atoms with van der Waals surface area (Å²) in [6.45, 7) is 2.67. The quantitative estimate of drug-likeness (QED) is 0.572. The number of carbonyl (C=O) groups excluding carboxylic acids is 1. The van der Waals surface area contributed by atoms with E-state index in [0.717, 1.165) is 11.3 Å². The van der Waals surface area contributed by atoms with E-state index >= 15 is 0 Å². The van der Waals surface area contributed by atoms with Gasteiger partial charge in [-0.25, -0.2) is 0 Å². The molecule has 6 nitrogen and oxygen atoms in total. The summed E-state index contributed by atoms with van der Waals surface area (Å²) < 4.78 is 15.9. The Labute approximate surface area is 159 Å². The lowest BCUT2D eigenvalue weighted by Crippen LogP contribution is -2.23. The molecule has 140 valence electrons. The van der Waals surface area contributed by atoms with E-state index < -0.39 is 5.91 Å². The van der Waals surface area contributed by atoms with E-state index in [1.807, 2.05) is 37.3 Å². The second-order valence-corrected chi connectivity index (χ2v) is 5.54. The molecule has 2 rings (SSSR count). The fraction of sp³-hybridized carbons (Fsp3) is 0.238. The summed E-state index contributed by atoms with van der Waals surface area (Å²) in [7, 11) is 3.15.